The summed E-state index contributed by atoms with van der Waals surface area (Å²) < 4.78 is 1.39. The average Bonchev–Trinajstić information content (AvgIpc) is 3.04. The van der Waals surface area contributed by atoms with E-state index in [0.29, 0.717) is 10.7 Å². The van der Waals surface area contributed by atoms with Crippen molar-refractivity contribution in [2.75, 3.05) is 10.7 Å². The number of nitrogens with zero attached hydrogens (tertiary/aromatic N) is 6. The normalized spacial score (nSPS) is 10.4. The first-order valence-corrected chi connectivity index (χ1v) is 6.23. The second-order valence-electron chi connectivity index (χ2n) is 3.87. The van der Waals surface area contributed by atoms with Crippen LogP contribution >= 0.6 is 11.6 Å². The summed E-state index contributed by atoms with van der Waals surface area (Å²) in [5.74, 6) is 6.09. The van der Waals surface area contributed by atoms with Gasteiger partial charge < -0.3 is 5.32 Å². The average molecular weight is 304 g/mol. The summed E-state index contributed by atoms with van der Waals surface area (Å²) in [6.45, 7) is 0. The van der Waals surface area contributed by atoms with Gasteiger partial charge in [-0.25, -0.2) is 10.8 Å². The Balaban J connectivity index is 1.99. The van der Waals surface area contributed by atoms with Gasteiger partial charge in [0.05, 0.1) is 10.7 Å². The molecule has 2 aromatic heterocycles. The Morgan fingerprint density at radius 2 is 1.90 bits per heavy atom. The zero-order chi connectivity index (χ0) is 14.7. The van der Waals surface area contributed by atoms with Crippen molar-refractivity contribution in [3.8, 4) is 5.95 Å². The van der Waals surface area contributed by atoms with E-state index < -0.39 is 0 Å². The van der Waals surface area contributed by atoms with Crippen LogP contribution < -0.4 is 16.6 Å². The number of aromatic nitrogens is 6. The molecule has 0 radical (unpaired) electrons. The van der Waals surface area contributed by atoms with Crippen molar-refractivity contribution in [3.63, 3.8) is 0 Å². The molecule has 3 aromatic rings. The molecular formula is C11H10ClN9. The Hall–Kier alpha value is -2.78. The van der Waals surface area contributed by atoms with Crippen LogP contribution in [-0.4, -0.2) is 29.7 Å². The highest BCUT2D eigenvalue weighted by atomic mass is 35.5. The van der Waals surface area contributed by atoms with Crippen molar-refractivity contribution < 1.29 is 0 Å². The van der Waals surface area contributed by atoms with Gasteiger partial charge in [-0.2, -0.15) is 24.7 Å². The van der Waals surface area contributed by atoms with Crippen molar-refractivity contribution in [1.29, 1.82) is 0 Å². The molecule has 9 nitrogen and oxygen atoms in total. The fourth-order valence-electron chi connectivity index (χ4n) is 1.58. The Labute approximate surface area is 124 Å². The topological polar surface area (TPSA) is 119 Å². The zero-order valence-electron chi connectivity index (χ0n) is 10.6. The molecule has 3 rings (SSSR count). The van der Waals surface area contributed by atoms with Crippen LogP contribution in [0.4, 0.5) is 17.6 Å². The third kappa shape index (κ3) is 2.88. The lowest BCUT2D eigenvalue weighted by Crippen LogP contribution is -2.15. The maximum absolute atomic E-state index is 6.09. The number of hydrogen-bond acceptors (Lipinski definition) is 8. The molecule has 10 heteroatoms. The molecule has 0 amide bonds. The zero-order valence-corrected chi connectivity index (χ0v) is 11.4. The Morgan fingerprint density at radius 3 is 2.62 bits per heavy atom. The monoisotopic (exact) mass is 303 g/mol. The van der Waals surface area contributed by atoms with Gasteiger partial charge in [0, 0.05) is 0 Å². The summed E-state index contributed by atoms with van der Waals surface area (Å²) in [4.78, 5) is 16.3. The summed E-state index contributed by atoms with van der Waals surface area (Å²) in [5, 5.41) is 7.50. The number of benzene rings is 1. The maximum Gasteiger partial charge on any atom is 0.258 e. The number of para-hydroxylation sites is 1. The first kappa shape index (κ1) is 13.2. The van der Waals surface area contributed by atoms with Gasteiger partial charge in [-0.3, -0.25) is 5.43 Å². The number of nitrogen functional groups attached to an aromatic ring is 1. The molecule has 4 N–H and O–H groups in total. The first-order chi connectivity index (χ1) is 10.3. The van der Waals surface area contributed by atoms with Crippen molar-refractivity contribution in [1.82, 2.24) is 29.7 Å². The molecule has 0 aliphatic heterocycles. The number of hydrazine groups is 1. The van der Waals surface area contributed by atoms with Gasteiger partial charge in [-0.05, 0) is 12.1 Å². The van der Waals surface area contributed by atoms with Crippen LogP contribution in [0.15, 0.2) is 36.9 Å². The van der Waals surface area contributed by atoms with Crippen LogP contribution in [0, 0.1) is 0 Å². The largest absolute Gasteiger partial charge is 0.323 e. The lowest BCUT2D eigenvalue weighted by Gasteiger charge is -2.09. The van der Waals surface area contributed by atoms with Crippen LogP contribution in [0.3, 0.4) is 0 Å². The third-order valence-electron chi connectivity index (χ3n) is 2.50. The molecule has 0 saturated heterocycles. The molecule has 0 spiro atoms. The van der Waals surface area contributed by atoms with E-state index >= 15 is 0 Å². The fourth-order valence-corrected chi connectivity index (χ4v) is 1.77. The molecule has 0 fully saturated rings. The quantitative estimate of drug-likeness (QED) is 0.485. The van der Waals surface area contributed by atoms with Crippen molar-refractivity contribution in [2.24, 2.45) is 5.84 Å². The highest BCUT2D eigenvalue weighted by molar-refractivity contribution is 6.33. The van der Waals surface area contributed by atoms with Crippen molar-refractivity contribution in [3.05, 3.63) is 41.9 Å². The van der Waals surface area contributed by atoms with E-state index in [9.17, 15) is 0 Å². The summed E-state index contributed by atoms with van der Waals surface area (Å²) in [5.41, 5.74) is 3.04. The molecule has 2 heterocycles. The second kappa shape index (κ2) is 5.69. The lowest BCUT2D eigenvalue weighted by molar-refractivity contribution is 0.797. The smallest absolute Gasteiger partial charge is 0.258 e. The van der Waals surface area contributed by atoms with E-state index in [-0.39, 0.29) is 17.8 Å². The molecule has 0 bridgehead atoms. The van der Waals surface area contributed by atoms with Crippen molar-refractivity contribution >= 4 is 29.2 Å². The standard InChI is InChI=1S/C11H10ClN9/c12-7-3-1-2-4-8(7)16-9-17-10(20-13)19-11(18-9)21-6-14-5-15-21/h1-6H,13H2,(H2,16,17,18,19,20). The number of halogens is 1. The molecule has 0 aliphatic rings. The van der Waals surface area contributed by atoms with Crippen LogP contribution in [0.2, 0.25) is 5.02 Å². The minimum Gasteiger partial charge on any atom is -0.323 e. The lowest BCUT2D eigenvalue weighted by atomic mass is 10.3. The van der Waals surface area contributed by atoms with E-state index in [4.69, 9.17) is 17.4 Å². The van der Waals surface area contributed by atoms with Gasteiger partial charge >= 0.3 is 0 Å². The minimum atomic E-state index is 0.185. The second-order valence-corrected chi connectivity index (χ2v) is 4.28. The summed E-state index contributed by atoms with van der Waals surface area (Å²) in [6.07, 6.45) is 2.84. The predicted molar refractivity (Wildman–Crippen MR) is 77.3 cm³/mol. The molecule has 106 valence electrons. The highest BCUT2D eigenvalue weighted by Crippen LogP contribution is 2.23. The summed E-state index contributed by atoms with van der Waals surface area (Å²) in [7, 11) is 0. The molecule has 0 unspecified atom stereocenters. The van der Waals surface area contributed by atoms with Crippen LogP contribution in [0.5, 0.6) is 0 Å². The van der Waals surface area contributed by atoms with Crippen LogP contribution in [0.1, 0.15) is 0 Å². The van der Waals surface area contributed by atoms with Gasteiger partial charge in [0.25, 0.3) is 5.95 Å². The van der Waals surface area contributed by atoms with E-state index in [1.807, 2.05) is 12.1 Å². The van der Waals surface area contributed by atoms with Gasteiger partial charge in [0.15, 0.2) is 0 Å². The van der Waals surface area contributed by atoms with E-state index in [1.165, 1.54) is 17.3 Å². The summed E-state index contributed by atoms with van der Waals surface area (Å²) >= 11 is 6.09. The number of anilines is 3. The molecule has 0 atom stereocenters. The van der Waals surface area contributed by atoms with Gasteiger partial charge in [-0.15, -0.1) is 0 Å². The number of nitrogens with one attached hydrogen (secondary N) is 2. The SMILES string of the molecule is NNc1nc(Nc2ccccc2Cl)nc(-n2cncn2)n1. The molecule has 1 aromatic carbocycles. The Morgan fingerprint density at radius 1 is 1.10 bits per heavy atom. The van der Waals surface area contributed by atoms with E-state index in [1.54, 1.807) is 12.1 Å². The predicted octanol–water partition coefficient (Wildman–Crippen LogP) is 1.13. The number of nitrogens with two attached hydrogens (primary N) is 1. The minimum absolute atomic E-state index is 0.185. The van der Waals surface area contributed by atoms with E-state index in [0.717, 1.165) is 0 Å². The number of rotatable bonds is 4. The Kier molecular flexibility index (Phi) is 3.58. The number of hydrogen-bond donors (Lipinski definition) is 3. The molecule has 0 saturated carbocycles. The van der Waals surface area contributed by atoms with Crippen LogP contribution in [0.25, 0.3) is 5.95 Å². The first-order valence-electron chi connectivity index (χ1n) is 5.85. The molecular weight excluding hydrogens is 294 g/mol. The molecule has 0 aliphatic carbocycles. The van der Waals surface area contributed by atoms with Gasteiger partial charge in [0.2, 0.25) is 11.9 Å². The highest BCUT2D eigenvalue weighted by Gasteiger charge is 2.09. The van der Waals surface area contributed by atoms with Crippen LogP contribution in [-0.2, 0) is 0 Å². The molecule has 21 heavy (non-hydrogen) atoms. The maximum atomic E-state index is 6.09. The fraction of sp³-hybridized carbons (Fsp3) is 0. The van der Waals surface area contributed by atoms with Gasteiger partial charge in [0.1, 0.15) is 12.7 Å². The third-order valence-corrected chi connectivity index (χ3v) is 2.83. The van der Waals surface area contributed by atoms with Gasteiger partial charge in [-0.1, -0.05) is 23.7 Å². The van der Waals surface area contributed by atoms with Crippen molar-refractivity contribution in [2.45, 2.75) is 0 Å². The Bertz CT molecular complexity index is 743. The summed E-state index contributed by atoms with van der Waals surface area (Å²) in [6, 6.07) is 7.23. The van der Waals surface area contributed by atoms with E-state index in [2.05, 4.69) is 35.8 Å².